The monoisotopic (exact) mass is 320 g/mol. The molecule has 0 spiro atoms. The number of alkyl halides is 3. The summed E-state index contributed by atoms with van der Waals surface area (Å²) in [6.07, 6.45) is -3.64. The van der Waals surface area contributed by atoms with Crippen molar-refractivity contribution in [3.05, 3.63) is 44.9 Å². The van der Waals surface area contributed by atoms with Crippen LogP contribution in [0.4, 0.5) is 18.9 Å². The molecule has 0 saturated carbocycles. The lowest BCUT2D eigenvalue weighted by molar-refractivity contribution is -0.385. The highest BCUT2D eigenvalue weighted by Gasteiger charge is 2.31. The lowest BCUT2D eigenvalue weighted by atomic mass is 10.3. The molecule has 0 aliphatic heterocycles. The van der Waals surface area contributed by atoms with Gasteiger partial charge in [0.05, 0.1) is 10.5 Å². The maximum Gasteiger partial charge on any atom is 0.417 e. The van der Waals surface area contributed by atoms with E-state index in [4.69, 9.17) is 11.6 Å². The SMILES string of the molecule is CCc1nn(-c2ccc(C(F)(F)F)cn2)c(Cl)c1[N+](=O)[O-]. The third-order valence-electron chi connectivity index (χ3n) is 2.69. The molecular weight excluding hydrogens is 313 g/mol. The van der Waals surface area contributed by atoms with Crippen LogP contribution in [0.15, 0.2) is 18.3 Å². The Morgan fingerprint density at radius 3 is 2.48 bits per heavy atom. The average molecular weight is 321 g/mol. The van der Waals surface area contributed by atoms with Crippen LogP contribution < -0.4 is 0 Å². The molecule has 6 nitrogen and oxygen atoms in total. The molecule has 21 heavy (non-hydrogen) atoms. The number of aromatic nitrogens is 3. The average Bonchev–Trinajstić information content (AvgIpc) is 2.75. The van der Waals surface area contributed by atoms with Gasteiger partial charge in [0.15, 0.2) is 5.82 Å². The van der Waals surface area contributed by atoms with Crippen molar-refractivity contribution in [2.24, 2.45) is 0 Å². The molecule has 0 aromatic carbocycles. The quantitative estimate of drug-likeness (QED) is 0.641. The van der Waals surface area contributed by atoms with Gasteiger partial charge in [-0.25, -0.2) is 4.98 Å². The van der Waals surface area contributed by atoms with Crippen molar-refractivity contribution in [3.8, 4) is 5.82 Å². The standard InChI is InChI=1S/C11H8ClF3N4O2/c1-2-7-9(19(20)21)10(12)18(17-7)8-4-3-6(5-16-8)11(13,14)15/h3-5H,2H2,1H3. The van der Waals surface area contributed by atoms with Crippen molar-refractivity contribution in [1.29, 1.82) is 0 Å². The van der Waals surface area contributed by atoms with E-state index >= 15 is 0 Å². The van der Waals surface area contributed by atoms with Gasteiger partial charge in [-0.15, -0.1) is 0 Å². The molecule has 0 unspecified atom stereocenters. The van der Waals surface area contributed by atoms with Crippen LogP contribution in [-0.4, -0.2) is 19.7 Å². The normalized spacial score (nSPS) is 11.7. The van der Waals surface area contributed by atoms with E-state index in [9.17, 15) is 23.3 Å². The Bertz CT molecular complexity index is 682. The Morgan fingerprint density at radius 2 is 2.10 bits per heavy atom. The first kappa shape index (κ1) is 15.2. The molecule has 0 atom stereocenters. The van der Waals surface area contributed by atoms with Gasteiger partial charge in [-0.05, 0) is 18.6 Å². The van der Waals surface area contributed by atoms with Crippen LogP contribution in [0, 0.1) is 10.1 Å². The van der Waals surface area contributed by atoms with Gasteiger partial charge in [0, 0.05) is 6.20 Å². The van der Waals surface area contributed by atoms with Gasteiger partial charge in [0.2, 0.25) is 5.15 Å². The van der Waals surface area contributed by atoms with E-state index in [-0.39, 0.29) is 28.8 Å². The summed E-state index contributed by atoms with van der Waals surface area (Å²) in [5.74, 6) is -0.0317. The summed E-state index contributed by atoms with van der Waals surface area (Å²) in [6, 6.07) is 1.85. The summed E-state index contributed by atoms with van der Waals surface area (Å²) in [6.45, 7) is 1.65. The van der Waals surface area contributed by atoms with Crippen molar-refractivity contribution >= 4 is 17.3 Å². The van der Waals surface area contributed by atoms with Crippen LogP contribution >= 0.6 is 11.6 Å². The van der Waals surface area contributed by atoms with Crippen molar-refractivity contribution < 1.29 is 18.1 Å². The Morgan fingerprint density at radius 1 is 1.43 bits per heavy atom. The first-order valence-corrected chi connectivity index (χ1v) is 6.09. The minimum Gasteiger partial charge on any atom is -0.258 e. The molecule has 0 fully saturated rings. The highest BCUT2D eigenvalue weighted by Crippen LogP contribution is 2.32. The van der Waals surface area contributed by atoms with Gasteiger partial charge < -0.3 is 0 Å². The Labute approximate surface area is 121 Å². The van der Waals surface area contributed by atoms with E-state index in [2.05, 4.69) is 10.1 Å². The minimum atomic E-state index is -4.51. The molecule has 0 radical (unpaired) electrons. The molecular formula is C11H8ClF3N4O2. The molecule has 2 heterocycles. The molecule has 2 rings (SSSR count). The van der Waals surface area contributed by atoms with Gasteiger partial charge in [0.25, 0.3) is 0 Å². The predicted molar refractivity (Wildman–Crippen MR) is 67.4 cm³/mol. The second kappa shape index (κ2) is 5.32. The van der Waals surface area contributed by atoms with E-state index in [1.165, 1.54) is 0 Å². The zero-order valence-corrected chi connectivity index (χ0v) is 11.3. The molecule has 2 aromatic heterocycles. The predicted octanol–water partition coefficient (Wildman–Crippen LogP) is 3.41. The van der Waals surface area contributed by atoms with Crippen LogP contribution in [-0.2, 0) is 12.6 Å². The molecule has 2 aromatic rings. The first-order chi connectivity index (χ1) is 9.75. The molecule has 0 aliphatic carbocycles. The second-order valence-electron chi connectivity index (χ2n) is 4.01. The van der Waals surface area contributed by atoms with E-state index in [0.29, 0.717) is 6.20 Å². The molecule has 0 N–H and O–H groups in total. The maximum atomic E-state index is 12.5. The van der Waals surface area contributed by atoms with Crippen LogP contribution in [0.2, 0.25) is 5.15 Å². The number of halogens is 4. The molecule has 112 valence electrons. The number of aryl methyl sites for hydroxylation is 1. The van der Waals surface area contributed by atoms with Crippen molar-refractivity contribution in [2.75, 3.05) is 0 Å². The van der Waals surface area contributed by atoms with Gasteiger partial charge in [-0.3, -0.25) is 10.1 Å². The molecule has 0 saturated heterocycles. The van der Waals surface area contributed by atoms with Crippen LogP contribution in [0.3, 0.4) is 0 Å². The zero-order chi connectivity index (χ0) is 15.8. The summed E-state index contributed by atoms with van der Waals surface area (Å²) in [4.78, 5) is 13.8. The number of pyridine rings is 1. The van der Waals surface area contributed by atoms with Gasteiger partial charge in [-0.2, -0.15) is 23.0 Å². The second-order valence-corrected chi connectivity index (χ2v) is 4.37. The van der Waals surface area contributed by atoms with Crippen molar-refractivity contribution in [1.82, 2.24) is 14.8 Å². The Balaban J connectivity index is 2.50. The topological polar surface area (TPSA) is 73.8 Å². The number of nitrogens with zero attached hydrogens (tertiary/aromatic N) is 4. The van der Waals surface area contributed by atoms with Gasteiger partial charge in [-0.1, -0.05) is 18.5 Å². The number of hydrogen-bond acceptors (Lipinski definition) is 4. The van der Waals surface area contributed by atoms with Crippen LogP contribution in [0.1, 0.15) is 18.2 Å². The molecule has 0 amide bonds. The summed E-state index contributed by atoms with van der Waals surface area (Å²) < 4.78 is 38.3. The number of rotatable bonds is 3. The molecule has 0 bridgehead atoms. The Hall–Kier alpha value is -2.16. The summed E-state index contributed by atoms with van der Waals surface area (Å²) in [5, 5.41) is 14.5. The number of nitro groups is 1. The summed E-state index contributed by atoms with van der Waals surface area (Å²) in [5.41, 5.74) is -1.17. The fraction of sp³-hybridized carbons (Fsp3) is 0.273. The third-order valence-corrected chi connectivity index (χ3v) is 3.02. The van der Waals surface area contributed by atoms with Crippen LogP contribution in [0.5, 0.6) is 0 Å². The summed E-state index contributed by atoms with van der Waals surface area (Å²) in [7, 11) is 0. The van der Waals surface area contributed by atoms with Gasteiger partial charge >= 0.3 is 11.9 Å². The fourth-order valence-electron chi connectivity index (χ4n) is 1.68. The lowest BCUT2D eigenvalue weighted by Gasteiger charge is -2.06. The van der Waals surface area contributed by atoms with E-state index < -0.39 is 16.7 Å². The highest BCUT2D eigenvalue weighted by molar-refractivity contribution is 6.32. The Kier molecular flexibility index (Phi) is 3.86. The van der Waals surface area contributed by atoms with Crippen molar-refractivity contribution in [2.45, 2.75) is 19.5 Å². The lowest BCUT2D eigenvalue weighted by Crippen LogP contribution is -2.07. The summed E-state index contributed by atoms with van der Waals surface area (Å²) >= 11 is 5.86. The van der Waals surface area contributed by atoms with E-state index in [0.717, 1.165) is 16.8 Å². The van der Waals surface area contributed by atoms with E-state index in [1.54, 1.807) is 6.92 Å². The first-order valence-electron chi connectivity index (χ1n) is 5.71. The molecule has 10 heteroatoms. The smallest absolute Gasteiger partial charge is 0.258 e. The third kappa shape index (κ3) is 2.82. The maximum absolute atomic E-state index is 12.5. The minimum absolute atomic E-state index is 0.0317. The fourth-order valence-corrected chi connectivity index (χ4v) is 1.98. The van der Waals surface area contributed by atoms with Crippen molar-refractivity contribution in [3.63, 3.8) is 0 Å². The van der Waals surface area contributed by atoms with Crippen LogP contribution in [0.25, 0.3) is 5.82 Å². The molecule has 0 aliphatic rings. The largest absolute Gasteiger partial charge is 0.417 e. The number of hydrogen-bond donors (Lipinski definition) is 0. The van der Waals surface area contributed by atoms with Gasteiger partial charge in [0.1, 0.15) is 5.69 Å². The highest BCUT2D eigenvalue weighted by atomic mass is 35.5. The zero-order valence-electron chi connectivity index (χ0n) is 10.6. The van der Waals surface area contributed by atoms with E-state index in [1.807, 2.05) is 0 Å².